The van der Waals surface area contributed by atoms with Crippen LogP contribution in [0.4, 0.5) is 21.8 Å². The van der Waals surface area contributed by atoms with Crippen LogP contribution in [0.3, 0.4) is 0 Å². The van der Waals surface area contributed by atoms with E-state index >= 15 is 0 Å². The van der Waals surface area contributed by atoms with Gasteiger partial charge in [-0.05, 0) is 28.1 Å². The van der Waals surface area contributed by atoms with Crippen LogP contribution in [0.5, 0.6) is 5.75 Å². The van der Waals surface area contributed by atoms with Gasteiger partial charge >= 0.3 is 0 Å². The Morgan fingerprint density at radius 3 is 2.84 bits per heavy atom. The Bertz CT molecular complexity index is 594. The molecular formula is C12H12BrFN4O. The predicted octanol–water partition coefficient (Wildman–Crippen LogP) is 3.17. The zero-order chi connectivity index (χ0) is 13.8. The first-order chi connectivity index (χ1) is 9.13. The molecule has 7 heteroatoms. The van der Waals surface area contributed by atoms with Crippen molar-refractivity contribution in [2.75, 3.05) is 24.8 Å². The number of rotatable bonds is 4. The molecule has 1 aromatic carbocycles. The lowest BCUT2D eigenvalue weighted by molar-refractivity contribution is 0.387. The normalized spacial score (nSPS) is 10.1. The Balaban J connectivity index is 2.30. The number of anilines is 3. The number of aromatic nitrogens is 2. The molecule has 0 atom stereocenters. The largest absolute Gasteiger partial charge is 0.494 e. The summed E-state index contributed by atoms with van der Waals surface area (Å²) in [7, 11) is 3.15. The van der Waals surface area contributed by atoms with Gasteiger partial charge in [-0.1, -0.05) is 0 Å². The monoisotopic (exact) mass is 326 g/mol. The molecule has 0 aliphatic heterocycles. The highest BCUT2D eigenvalue weighted by Gasteiger charge is 2.07. The van der Waals surface area contributed by atoms with E-state index in [2.05, 4.69) is 36.5 Å². The van der Waals surface area contributed by atoms with Gasteiger partial charge in [-0.2, -0.15) is 4.98 Å². The molecule has 100 valence electrons. The lowest BCUT2D eigenvalue weighted by atomic mass is 10.3. The lowest BCUT2D eigenvalue weighted by Gasteiger charge is -2.10. The molecule has 2 aromatic rings. The van der Waals surface area contributed by atoms with Gasteiger partial charge in [-0.25, -0.2) is 9.37 Å². The third-order valence-electron chi connectivity index (χ3n) is 2.38. The molecular weight excluding hydrogens is 315 g/mol. The van der Waals surface area contributed by atoms with Crippen molar-refractivity contribution in [3.8, 4) is 5.75 Å². The molecule has 2 rings (SSSR count). The van der Waals surface area contributed by atoms with E-state index in [0.717, 1.165) is 0 Å². The van der Waals surface area contributed by atoms with Crippen molar-refractivity contribution in [3.63, 3.8) is 0 Å². The van der Waals surface area contributed by atoms with Crippen LogP contribution in [-0.4, -0.2) is 24.1 Å². The van der Waals surface area contributed by atoms with Crippen molar-refractivity contribution in [2.45, 2.75) is 0 Å². The lowest BCUT2D eigenvalue weighted by Crippen LogP contribution is -2.01. The molecule has 0 bridgehead atoms. The van der Waals surface area contributed by atoms with Crippen LogP contribution in [0.25, 0.3) is 0 Å². The number of methoxy groups -OCH3 is 1. The summed E-state index contributed by atoms with van der Waals surface area (Å²) in [4.78, 5) is 8.30. The molecule has 2 N–H and O–H groups in total. The van der Waals surface area contributed by atoms with Crippen LogP contribution < -0.4 is 15.4 Å². The topological polar surface area (TPSA) is 59.1 Å². The van der Waals surface area contributed by atoms with Crippen molar-refractivity contribution in [2.24, 2.45) is 0 Å². The number of nitrogens with zero attached hydrogens (tertiary/aromatic N) is 2. The van der Waals surface area contributed by atoms with Crippen molar-refractivity contribution in [3.05, 3.63) is 34.7 Å². The highest BCUT2D eigenvalue weighted by atomic mass is 79.9. The molecule has 0 saturated heterocycles. The van der Waals surface area contributed by atoms with Gasteiger partial charge in [0.15, 0.2) is 11.6 Å². The first-order valence-corrected chi connectivity index (χ1v) is 6.24. The van der Waals surface area contributed by atoms with Crippen LogP contribution in [0.2, 0.25) is 0 Å². The van der Waals surface area contributed by atoms with E-state index in [1.54, 1.807) is 25.4 Å². The second-order valence-corrected chi connectivity index (χ2v) is 4.47. The van der Waals surface area contributed by atoms with E-state index in [1.165, 1.54) is 13.2 Å². The van der Waals surface area contributed by atoms with Crippen molar-refractivity contribution in [1.82, 2.24) is 9.97 Å². The van der Waals surface area contributed by atoms with Gasteiger partial charge in [0.25, 0.3) is 0 Å². The minimum absolute atomic E-state index is 0.170. The van der Waals surface area contributed by atoms with Gasteiger partial charge in [0.2, 0.25) is 5.95 Å². The molecule has 0 saturated carbocycles. The fourth-order valence-electron chi connectivity index (χ4n) is 1.45. The summed E-state index contributed by atoms with van der Waals surface area (Å²) in [6.07, 6.45) is 1.63. The third-order valence-corrected chi connectivity index (χ3v) is 2.96. The predicted molar refractivity (Wildman–Crippen MR) is 75.5 cm³/mol. The van der Waals surface area contributed by atoms with Crippen LogP contribution in [-0.2, 0) is 0 Å². The molecule has 1 aromatic heterocycles. The molecule has 0 fully saturated rings. The Morgan fingerprint density at radius 2 is 2.16 bits per heavy atom. The van der Waals surface area contributed by atoms with Crippen LogP contribution in [0, 0.1) is 5.82 Å². The molecule has 1 heterocycles. The number of benzene rings is 1. The Hall–Kier alpha value is -1.89. The van der Waals surface area contributed by atoms with Crippen molar-refractivity contribution in [1.29, 1.82) is 0 Å². The summed E-state index contributed by atoms with van der Waals surface area (Å²) in [6.45, 7) is 0. The molecule has 0 aliphatic rings. The average Bonchev–Trinajstić information content (AvgIpc) is 2.43. The van der Waals surface area contributed by atoms with Crippen LogP contribution in [0.15, 0.2) is 28.9 Å². The molecule has 5 nitrogen and oxygen atoms in total. The summed E-state index contributed by atoms with van der Waals surface area (Å²) in [5.74, 6) is 0.822. The van der Waals surface area contributed by atoms with E-state index in [4.69, 9.17) is 4.74 Å². The summed E-state index contributed by atoms with van der Waals surface area (Å²) in [5.41, 5.74) is 0.666. The van der Waals surface area contributed by atoms with Gasteiger partial charge in [0, 0.05) is 25.0 Å². The van der Waals surface area contributed by atoms with Gasteiger partial charge in [-0.15, -0.1) is 0 Å². The maximum Gasteiger partial charge on any atom is 0.224 e. The van der Waals surface area contributed by atoms with Gasteiger partial charge < -0.3 is 15.4 Å². The second-order valence-electron chi connectivity index (χ2n) is 3.61. The molecule has 0 aliphatic carbocycles. The van der Waals surface area contributed by atoms with Gasteiger partial charge in [-0.3, -0.25) is 0 Å². The van der Waals surface area contributed by atoms with E-state index in [1.807, 2.05) is 0 Å². The Kier molecular flexibility index (Phi) is 4.16. The summed E-state index contributed by atoms with van der Waals surface area (Å²) < 4.78 is 18.9. The molecule has 0 radical (unpaired) electrons. The van der Waals surface area contributed by atoms with Crippen LogP contribution in [0.1, 0.15) is 0 Å². The van der Waals surface area contributed by atoms with Gasteiger partial charge in [0.1, 0.15) is 5.82 Å². The van der Waals surface area contributed by atoms with E-state index < -0.39 is 5.82 Å². The number of nitrogens with one attached hydrogen (secondary N) is 2. The van der Waals surface area contributed by atoms with Crippen LogP contribution >= 0.6 is 15.9 Å². The smallest absolute Gasteiger partial charge is 0.224 e. The first-order valence-electron chi connectivity index (χ1n) is 5.45. The minimum Gasteiger partial charge on any atom is -0.494 e. The minimum atomic E-state index is -0.411. The highest BCUT2D eigenvalue weighted by Crippen LogP contribution is 2.27. The Labute approximate surface area is 118 Å². The zero-order valence-electron chi connectivity index (χ0n) is 10.4. The molecule has 0 spiro atoms. The first kappa shape index (κ1) is 13.5. The Morgan fingerprint density at radius 1 is 1.37 bits per heavy atom. The van der Waals surface area contributed by atoms with Gasteiger partial charge in [0.05, 0.1) is 11.6 Å². The molecule has 0 amide bonds. The fraction of sp³-hybridized carbons (Fsp3) is 0.167. The van der Waals surface area contributed by atoms with E-state index in [0.29, 0.717) is 21.9 Å². The average molecular weight is 327 g/mol. The number of hydrogen-bond donors (Lipinski definition) is 2. The molecule has 0 unspecified atom stereocenters. The van der Waals surface area contributed by atoms with E-state index in [-0.39, 0.29) is 5.75 Å². The zero-order valence-corrected chi connectivity index (χ0v) is 12.0. The van der Waals surface area contributed by atoms with Crippen molar-refractivity contribution < 1.29 is 9.13 Å². The molecule has 19 heavy (non-hydrogen) atoms. The number of hydrogen-bond acceptors (Lipinski definition) is 5. The summed E-state index contributed by atoms with van der Waals surface area (Å²) in [5, 5.41) is 5.91. The third kappa shape index (κ3) is 3.11. The number of halogens is 2. The number of ether oxygens (including phenoxy) is 1. The summed E-state index contributed by atoms with van der Waals surface area (Å²) in [6, 6.07) is 4.49. The standard InChI is InChI=1S/C12H12BrFN4O/c1-15-12-16-6-8(13)11(18-12)17-7-3-4-9(14)10(5-7)19-2/h3-6H,1-2H3,(H2,15,16,17,18). The van der Waals surface area contributed by atoms with Crippen molar-refractivity contribution >= 4 is 33.4 Å². The SMILES string of the molecule is CNc1ncc(Br)c(Nc2ccc(F)c(OC)c2)n1. The quantitative estimate of drug-likeness (QED) is 0.903. The highest BCUT2D eigenvalue weighted by molar-refractivity contribution is 9.10. The second kappa shape index (κ2) is 5.83. The fourth-order valence-corrected chi connectivity index (χ4v) is 1.74. The van der Waals surface area contributed by atoms with E-state index in [9.17, 15) is 4.39 Å². The maximum atomic E-state index is 13.3. The summed E-state index contributed by atoms with van der Waals surface area (Å²) >= 11 is 3.35. The maximum absolute atomic E-state index is 13.3.